The summed E-state index contributed by atoms with van der Waals surface area (Å²) in [5.74, 6) is -0.731. The van der Waals surface area contributed by atoms with Crippen molar-refractivity contribution in [1.82, 2.24) is 29.8 Å². The van der Waals surface area contributed by atoms with Gasteiger partial charge in [0.15, 0.2) is 5.54 Å². The Morgan fingerprint density at radius 3 is 2.81 bits per heavy atom. The van der Waals surface area contributed by atoms with Crippen LogP contribution in [0, 0.1) is 0 Å². The van der Waals surface area contributed by atoms with E-state index in [-0.39, 0.29) is 0 Å². The molecule has 9 heteroatoms. The average Bonchev–Trinajstić information content (AvgIpc) is 2.88. The zero-order valence-corrected chi connectivity index (χ0v) is 9.34. The van der Waals surface area contributed by atoms with Gasteiger partial charge in [-0.25, -0.2) is 9.48 Å². The lowest BCUT2D eigenvalue weighted by atomic mass is 10.1. The molecule has 0 amide bonds. The lowest BCUT2D eigenvalue weighted by Gasteiger charge is -2.19. The maximum Gasteiger partial charge on any atom is 0.331 e. The molecule has 2 heterocycles. The van der Waals surface area contributed by atoms with Crippen LogP contribution in [0.5, 0.6) is 0 Å². The zero-order valence-electron chi connectivity index (χ0n) is 8.52. The van der Waals surface area contributed by atoms with Gasteiger partial charge in [-0.3, -0.25) is 0 Å². The van der Waals surface area contributed by atoms with Crippen molar-refractivity contribution in [2.45, 2.75) is 19.4 Å². The number of aliphatic carboxylic acids is 1. The quantitative estimate of drug-likeness (QED) is 0.805. The minimum atomic E-state index is -1.23. The molecule has 2 aromatic heterocycles. The summed E-state index contributed by atoms with van der Waals surface area (Å²) in [6.45, 7) is 3.02. The summed E-state index contributed by atoms with van der Waals surface area (Å²) in [6, 6.07) is 0. The Labute approximate surface area is 94.1 Å². The van der Waals surface area contributed by atoms with Gasteiger partial charge in [-0.1, -0.05) is 4.49 Å². The van der Waals surface area contributed by atoms with Crippen LogP contribution < -0.4 is 0 Å². The van der Waals surface area contributed by atoms with E-state index >= 15 is 0 Å². The third-order valence-corrected chi connectivity index (χ3v) is 2.62. The molecule has 0 aliphatic heterocycles. The summed E-state index contributed by atoms with van der Waals surface area (Å²) in [5, 5.41) is 25.4. The van der Waals surface area contributed by atoms with Gasteiger partial charge in [0.25, 0.3) is 0 Å². The molecule has 0 spiro atoms. The highest BCUT2D eigenvalue weighted by Crippen LogP contribution is 2.21. The van der Waals surface area contributed by atoms with E-state index in [2.05, 4.69) is 25.1 Å². The van der Waals surface area contributed by atoms with Crippen molar-refractivity contribution in [3.05, 3.63) is 5.38 Å². The Balaban J connectivity index is 2.52. The zero-order chi connectivity index (χ0) is 11.8. The van der Waals surface area contributed by atoms with Gasteiger partial charge in [0, 0.05) is 5.38 Å². The molecule has 0 fully saturated rings. The van der Waals surface area contributed by atoms with E-state index in [4.69, 9.17) is 5.11 Å². The van der Waals surface area contributed by atoms with Gasteiger partial charge in [-0.05, 0) is 35.8 Å². The standard InChI is InChI=1S/C7H8N6O2S/c1-7(2,6(14)15)13-5(9-10-11-13)4-3-16-12-8-4/h3H,1-2H3,(H,14,15). The topological polar surface area (TPSA) is 107 Å². The van der Waals surface area contributed by atoms with E-state index in [9.17, 15) is 4.79 Å². The molecule has 1 N–H and O–H groups in total. The summed E-state index contributed by atoms with van der Waals surface area (Å²) >= 11 is 1.15. The molecule has 0 bridgehead atoms. The second-order valence-electron chi connectivity index (χ2n) is 3.57. The van der Waals surface area contributed by atoms with Gasteiger partial charge in [-0.15, -0.1) is 10.2 Å². The Hall–Kier alpha value is -1.90. The van der Waals surface area contributed by atoms with Gasteiger partial charge in [0.05, 0.1) is 0 Å². The van der Waals surface area contributed by atoms with E-state index in [0.717, 1.165) is 11.5 Å². The van der Waals surface area contributed by atoms with Crippen LogP contribution in [-0.4, -0.2) is 40.9 Å². The number of carbonyl (C=O) groups is 1. The highest BCUT2D eigenvalue weighted by Gasteiger charge is 2.34. The number of tetrazole rings is 1. The van der Waals surface area contributed by atoms with E-state index < -0.39 is 11.5 Å². The first kappa shape index (κ1) is 10.6. The number of carboxylic acid groups (broad SMARTS) is 1. The van der Waals surface area contributed by atoms with Crippen LogP contribution in [0.2, 0.25) is 0 Å². The Kier molecular flexibility index (Phi) is 2.38. The monoisotopic (exact) mass is 240 g/mol. The molecule has 0 saturated carbocycles. The van der Waals surface area contributed by atoms with Crippen molar-refractivity contribution in [3.8, 4) is 11.5 Å². The normalized spacial score (nSPS) is 11.6. The van der Waals surface area contributed by atoms with E-state index in [1.54, 1.807) is 5.38 Å². The number of carboxylic acids is 1. The van der Waals surface area contributed by atoms with Crippen LogP contribution >= 0.6 is 11.5 Å². The van der Waals surface area contributed by atoms with Crippen molar-refractivity contribution in [2.75, 3.05) is 0 Å². The summed E-state index contributed by atoms with van der Waals surface area (Å²) < 4.78 is 4.90. The number of aromatic nitrogens is 6. The average molecular weight is 240 g/mol. The van der Waals surface area contributed by atoms with Crippen molar-refractivity contribution in [3.63, 3.8) is 0 Å². The van der Waals surface area contributed by atoms with Gasteiger partial charge >= 0.3 is 5.97 Å². The molecular weight excluding hydrogens is 232 g/mol. The molecule has 16 heavy (non-hydrogen) atoms. The van der Waals surface area contributed by atoms with E-state index in [1.807, 2.05) is 0 Å². The van der Waals surface area contributed by atoms with Crippen LogP contribution in [0.25, 0.3) is 11.5 Å². The predicted octanol–water partition coefficient (Wildman–Crippen LogP) is 0.0113. The molecule has 0 unspecified atom stereocenters. The largest absolute Gasteiger partial charge is 0.479 e. The van der Waals surface area contributed by atoms with Gasteiger partial charge in [-0.2, -0.15) is 0 Å². The molecule has 0 aliphatic carbocycles. The molecule has 8 nitrogen and oxygen atoms in total. The molecule has 0 atom stereocenters. The fraction of sp³-hybridized carbons (Fsp3) is 0.429. The lowest BCUT2D eigenvalue weighted by molar-refractivity contribution is -0.146. The Bertz CT molecular complexity index is 505. The van der Waals surface area contributed by atoms with Gasteiger partial charge in [0.1, 0.15) is 5.69 Å². The Morgan fingerprint density at radius 2 is 2.25 bits per heavy atom. The number of nitrogens with zero attached hydrogens (tertiary/aromatic N) is 6. The van der Waals surface area contributed by atoms with E-state index in [1.165, 1.54) is 18.5 Å². The van der Waals surface area contributed by atoms with Crippen LogP contribution in [0.4, 0.5) is 0 Å². The predicted molar refractivity (Wildman–Crippen MR) is 53.7 cm³/mol. The van der Waals surface area contributed by atoms with Gasteiger partial charge < -0.3 is 5.11 Å². The second-order valence-corrected chi connectivity index (χ2v) is 4.18. The number of rotatable bonds is 3. The highest BCUT2D eigenvalue weighted by molar-refractivity contribution is 7.03. The maximum absolute atomic E-state index is 11.1. The van der Waals surface area contributed by atoms with Crippen LogP contribution in [0.3, 0.4) is 0 Å². The van der Waals surface area contributed by atoms with Crippen molar-refractivity contribution in [1.29, 1.82) is 0 Å². The molecule has 0 aliphatic rings. The van der Waals surface area contributed by atoms with Crippen molar-refractivity contribution in [2.24, 2.45) is 0 Å². The second kappa shape index (κ2) is 3.59. The third-order valence-electron chi connectivity index (χ3n) is 2.11. The molecule has 0 saturated heterocycles. The summed E-state index contributed by atoms with van der Waals surface area (Å²) in [6.07, 6.45) is 0. The first-order chi connectivity index (χ1) is 7.53. The first-order valence-corrected chi connectivity index (χ1v) is 5.17. The van der Waals surface area contributed by atoms with Crippen molar-refractivity contribution < 1.29 is 9.90 Å². The van der Waals surface area contributed by atoms with Crippen LogP contribution in [-0.2, 0) is 10.3 Å². The molecule has 0 radical (unpaired) electrons. The molecule has 0 aromatic carbocycles. The summed E-state index contributed by atoms with van der Waals surface area (Å²) in [5.41, 5.74) is -0.771. The fourth-order valence-corrected chi connectivity index (χ4v) is 1.51. The molecule has 2 rings (SSSR count). The molecule has 2 aromatic rings. The molecule has 84 valence electrons. The summed E-state index contributed by atoms with van der Waals surface area (Å²) in [7, 11) is 0. The number of hydrogen-bond acceptors (Lipinski definition) is 7. The van der Waals surface area contributed by atoms with Crippen LogP contribution in [0.1, 0.15) is 13.8 Å². The smallest absolute Gasteiger partial charge is 0.331 e. The molecular formula is C7H8N6O2S. The van der Waals surface area contributed by atoms with Gasteiger partial charge in [0.2, 0.25) is 5.82 Å². The first-order valence-electron chi connectivity index (χ1n) is 4.33. The fourth-order valence-electron chi connectivity index (χ4n) is 1.08. The van der Waals surface area contributed by atoms with Crippen molar-refractivity contribution >= 4 is 17.5 Å². The van der Waals surface area contributed by atoms with E-state index in [0.29, 0.717) is 11.5 Å². The maximum atomic E-state index is 11.1. The third kappa shape index (κ3) is 1.54. The number of hydrogen-bond donors (Lipinski definition) is 1. The minimum Gasteiger partial charge on any atom is -0.479 e. The van der Waals surface area contributed by atoms with Crippen LogP contribution in [0.15, 0.2) is 5.38 Å². The Morgan fingerprint density at radius 1 is 1.50 bits per heavy atom. The summed E-state index contributed by atoms with van der Waals surface area (Å²) in [4.78, 5) is 11.1. The lowest BCUT2D eigenvalue weighted by Crippen LogP contribution is -2.37. The highest BCUT2D eigenvalue weighted by atomic mass is 32.1. The minimum absolute atomic E-state index is 0.293. The SMILES string of the molecule is CC(C)(C(=O)O)n1nnnc1-c1csnn1.